The molecule has 0 radical (unpaired) electrons. The molecule has 3 rings (SSSR count). The number of hydrogen-bond acceptors (Lipinski definition) is 3. The molecular formula is C21H30N2O3. The van der Waals surface area contributed by atoms with Crippen LogP contribution in [0.1, 0.15) is 68.1 Å². The van der Waals surface area contributed by atoms with Gasteiger partial charge in [0.25, 0.3) is 5.91 Å². The van der Waals surface area contributed by atoms with Crippen LogP contribution in [-0.2, 0) is 9.53 Å². The minimum atomic E-state index is -0.163. The van der Waals surface area contributed by atoms with Gasteiger partial charge in [0.15, 0.2) is 0 Å². The predicted octanol–water partition coefficient (Wildman–Crippen LogP) is 3.89. The summed E-state index contributed by atoms with van der Waals surface area (Å²) in [5.41, 5.74) is 1.10. The molecule has 1 aromatic rings. The lowest BCUT2D eigenvalue weighted by Gasteiger charge is -2.21. The van der Waals surface area contributed by atoms with Gasteiger partial charge in [0.1, 0.15) is 0 Å². The minimum Gasteiger partial charge on any atom is -0.376 e. The first-order chi connectivity index (χ1) is 12.7. The summed E-state index contributed by atoms with van der Waals surface area (Å²) in [5.74, 6) is 0.512. The number of nitrogens with one attached hydrogen (secondary N) is 2. The number of rotatable bonds is 7. The molecule has 0 bridgehead atoms. The summed E-state index contributed by atoms with van der Waals surface area (Å²) < 4.78 is 5.54. The van der Waals surface area contributed by atoms with Crippen molar-refractivity contribution in [1.82, 2.24) is 5.32 Å². The van der Waals surface area contributed by atoms with Gasteiger partial charge in [-0.2, -0.15) is 0 Å². The lowest BCUT2D eigenvalue weighted by Crippen LogP contribution is -2.32. The first-order valence-corrected chi connectivity index (χ1v) is 10.0. The first kappa shape index (κ1) is 18.9. The van der Waals surface area contributed by atoms with E-state index >= 15 is 0 Å². The second-order valence-electron chi connectivity index (χ2n) is 7.48. The van der Waals surface area contributed by atoms with Gasteiger partial charge in [0.2, 0.25) is 5.91 Å². The Bertz CT molecular complexity index is 605. The Balaban J connectivity index is 1.50. The third-order valence-electron chi connectivity index (χ3n) is 5.46. The zero-order chi connectivity index (χ0) is 18.2. The van der Waals surface area contributed by atoms with E-state index in [1.807, 2.05) is 12.1 Å². The molecule has 2 N–H and O–H groups in total. The van der Waals surface area contributed by atoms with E-state index in [2.05, 4.69) is 10.6 Å². The van der Waals surface area contributed by atoms with E-state index in [9.17, 15) is 9.59 Å². The summed E-state index contributed by atoms with van der Waals surface area (Å²) in [4.78, 5) is 24.8. The predicted molar refractivity (Wildman–Crippen MR) is 102 cm³/mol. The molecule has 0 spiro atoms. The molecule has 26 heavy (non-hydrogen) atoms. The smallest absolute Gasteiger partial charge is 0.253 e. The molecular weight excluding hydrogens is 328 g/mol. The van der Waals surface area contributed by atoms with Gasteiger partial charge in [-0.05, 0) is 37.3 Å². The number of amides is 2. The quantitative estimate of drug-likeness (QED) is 0.777. The summed E-state index contributed by atoms with van der Waals surface area (Å²) in [6.45, 7) is 1.29. The van der Waals surface area contributed by atoms with E-state index in [-0.39, 0.29) is 17.9 Å². The molecule has 5 heteroatoms. The van der Waals surface area contributed by atoms with Crippen molar-refractivity contribution in [3.05, 3.63) is 29.8 Å². The van der Waals surface area contributed by atoms with Gasteiger partial charge in [-0.15, -0.1) is 0 Å². The number of ether oxygens (including phenoxy) is 1. The van der Waals surface area contributed by atoms with Crippen LogP contribution in [0.25, 0.3) is 0 Å². The van der Waals surface area contributed by atoms with E-state index in [4.69, 9.17) is 4.74 Å². The average molecular weight is 358 g/mol. The average Bonchev–Trinajstić information content (AvgIpc) is 3.19. The maximum Gasteiger partial charge on any atom is 0.253 e. The molecule has 0 unspecified atom stereocenters. The Morgan fingerprint density at radius 2 is 1.85 bits per heavy atom. The molecule has 1 aromatic carbocycles. The highest BCUT2D eigenvalue weighted by Crippen LogP contribution is 2.27. The second kappa shape index (κ2) is 9.72. The highest BCUT2D eigenvalue weighted by Gasteiger charge is 2.19. The highest BCUT2D eigenvalue weighted by atomic mass is 16.5. The van der Waals surface area contributed by atoms with Crippen molar-refractivity contribution in [3.8, 4) is 0 Å². The highest BCUT2D eigenvalue weighted by molar-refractivity contribution is 6.03. The summed E-state index contributed by atoms with van der Waals surface area (Å²) in [5, 5.41) is 5.85. The van der Waals surface area contributed by atoms with Crippen LogP contribution < -0.4 is 10.6 Å². The van der Waals surface area contributed by atoms with Crippen LogP contribution in [-0.4, -0.2) is 31.1 Å². The summed E-state index contributed by atoms with van der Waals surface area (Å²) in [7, 11) is 0. The van der Waals surface area contributed by atoms with E-state index in [0.29, 0.717) is 30.1 Å². The number of anilines is 1. The maximum atomic E-state index is 12.5. The normalized spacial score (nSPS) is 20.7. The number of carbonyl (C=O) groups excluding carboxylic acids is 2. The van der Waals surface area contributed by atoms with Gasteiger partial charge in [-0.3, -0.25) is 9.59 Å². The molecule has 142 valence electrons. The fraction of sp³-hybridized carbons (Fsp3) is 0.619. The second-order valence-corrected chi connectivity index (χ2v) is 7.48. The monoisotopic (exact) mass is 358 g/mol. The zero-order valence-electron chi connectivity index (χ0n) is 15.5. The van der Waals surface area contributed by atoms with Gasteiger partial charge >= 0.3 is 0 Å². The van der Waals surface area contributed by atoms with E-state index in [0.717, 1.165) is 25.9 Å². The standard InChI is InChI=1S/C21H30N2O3/c24-20(13-12-16-7-2-1-3-8-16)23-19-11-5-4-10-18(19)21(25)22-15-17-9-6-14-26-17/h4-5,10-11,16-17H,1-3,6-9,12-15H2,(H,22,25)(H,23,24)/t17-/m1/s1. The van der Waals surface area contributed by atoms with Crippen LogP contribution in [0.4, 0.5) is 5.69 Å². The molecule has 2 amide bonds. The molecule has 1 aliphatic carbocycles. The summed E-state index contributed by atoms with van der Waals surface area (Å²) in [6, 6.07) is 7.20. The van der Waals surface area contributed by atoms with Crippen LogP contribution in [0, 0.1) is 5.92 Å². The Kier molecular flexibility index (Phi) is 7.06. The van der Waals surface area contributed by atoms with Crippen molar-refractivity contribution in [2.45, 2.75) is 63.9 Å². The Morgan fingerprint density at radius 1 is 1.04 bits per heavy atom. The van der Waals surface area contributed by atoms with Crippen LogP contribution in [0.3, 0.4) is 0 Å². The Morgan fingerprint density at radius 3 is 2.62 bits per heavy atom. The number of carbonyl (C=O) groups is 2. The van der Waals surface area contributed by atoms with Crippen LogP contribution in [0.15, 0.2) is 24.3 Å². The zero-order valence-corrected chi connectivity index (χ0v) is 15.5. The van der Waals surface area contributed by atoms with Crippen molar-refractivity contribution in [2.24, 2.45) is 5.92 Å². The fourth-order valence-electron chi connectivity index (χ4n) is 3.92. The van der Waals surface area contributed by atoms with Gasteiger partial charge in [-0.1, -0.05) is 44.2 Å². The Hall–Kier alpha value is -1.88. The minimum absolute atomic E-state index is 0.00468. The lowest BCUT2D eigenvalue weighted by molar-refractivity contribution is -0.116. The summed E-state index contributed by atoms with van der Waals surface area (Å²) in [6.07, 6.45) is 10.0. The van der Waals surface area contributed by atoms with Gasteiger partial charge in [0.05, 0.1) is 17.4 Å². The van der Waals surface area contributed by atoms with Crippen molar-refractivity contribution in [2.75, 3.05) is 18.5 Å². The molecule has 0 aromatic heterocycles. The maximum absolute atomic E-state index is 12.5. The van der Waals surface area contributed by atoms with Crippen molar-refractivity contribution >= 4 is 17.5 Å². The van der Waals surface area contributed by atoms with Gasteiger partial charge in [-0.25, -0.2) is 0 Å². The third kappa shape index (κ3) is 5.56. The SMILES string of the molecule is O=C(CCC1CCCCC1)Nc1ccccc1C(=O)NC[C@H]1CCCO1. The molecule has 2 aliphatic rings. The lowest BCUT2D eigenvalue weighted by atomic mass is 9.86. The number of para-hydroxylation sites is 1. The molecule has 1 heterocycles. The number of hydrogen-bond donors (Lipinski definition) is 2. The Labute approximate surface area is 155 Å². The molecule has 2 fully saturated rings. The van der Waals surface area contributed by atoms with E-state index < -0.39 is 0 Å². The van der Waals surface area contributed by atoms with Gasteiger partial charge in [0, 0.05) is 19.6 Å². The largest absolute Gasteiger partial charge is 0.376 e. The van der Waals surface area contributed by atoms with Crippen LogP contribution in [0.2, 0.25) is 0 Å². The fourth-order valence-corrected chi connectivity index (χ4v) is 3.92. The third-order valence-corrected chi connectivity index (χ3v) is 5.46. The van der Waals surface area contributed by atoms with Gasteiger partial charge < -0.3 is 15.4 Å². The molecule has 5 nitrogen and oxygen atoms in total. The van der Waals surface area contributed by atoms with E-state index in [1.165, 1.54) is 32.1 Å². The van der Waals surface area contributed by atoms with E-state index in [1.54, 1.807) is 12.1 Å². The molecule has 1 saturated carbocycles. The van der Waals surface area contributed by atoms with Crippen LogP contribution in [0.5, 0.6) is 0 Å². The molecule has 1 saturated heterocycles. The van der Waals surface area contributed by atoms with Crippen molar-refractivity contribution < 1.29 is 14.3 Å². The summed E-state index contributed by atoms with van der Waals surface area (Å²) >= 11 is 0. The topological polar surface area (TPSA) is 67.4 Å². The van der Waals surface area contributed by atoms with Crippen molar-refractivity contribution in [3.63, 3.8) is 0 Å². The molecule has 1 aliphatic heterocycles. The molecule has 1 atom stereocenters. The van der Waals surface area contributed by atoms with Crippen molar-refractivity contribution in [1.29, 1.82) is 0 Å². The number of benzene rings is 1. The first-order valence-electron chi connectivity index (χ1n) is 10.0. The van der Waals surface area contributed by atoms with Crippen LogP contribution >= 0.6 is 0 Å².